The van der Waals surface area contributed by atoms with Gasteiger partial charge in [0.1, 0.15) is 18.8 Å². The summed E-state index contributed by atoms with van der Waals surface area (Å²) in [5.41, 5.74) is 3.40. The van der Waals surface area contributed by atoms with Crippen LogP contribution < -0.4 is 25.0 Å². The Bertz CT molecular complexity index is 984. The van der Waals surface area contributed by atoms with Crippen LogP contribution in [0.5, 0.6) is 17.2 Å². The number of halogens is 1. The Balaban J connectivity index is 1.93. The van der Waals surface area contributed by atoms with E-state index in [1.807, 2.05) is 6.92 Å². The van der Waals surface area contributed by atoms with Gasteiger partial charge in [-0.05, 0) is 48.9 Å². The standard InChI is InChI=1S/C22H22ClN3O5/c1-4-10-31-22-18(23)11-15(12-19(22)30-5-2)14-24-26-21(28)13-20(27)25-16-6-8-17(29-3)9-7-16/h1,6-9,11-12,14H,5,10,13H2,2-3H3,(H,25,27)(H,26,28). The molecule has 0 spiro atoms. The second kappa shape index (κ2) is 12.1. The monoisotopic (exact) mass is 443 g/mol. The maximum absolute atomic E-state index is 12.0. The summed E-state index contributed by atoms with van der Waals surface area (Å²) < 4.78 is 16.0. The molecule has 0 fully saturated rings. The largest absolute Gasteiger partial charge is 0.497 e. The van der Waals surface area contributed by atoms with Crippen LogP contribution in [0.15, 0.2) is 41.5 Å². The molecular weight excluding hydrogens is 422 g/mol. The van der Waals surface area contributed by atoms with Gasteiger partial charge in [-0.3, -0.25) is 9.59 Å². The first-order chi connectivity index (χ1) is 15.0. The summed E-state index contributed by atoms with van der Waals surface area (Å²) in [5, 5.41) is 6.75. The van der Waals surface area contributed by atoms with E-state index in [9.17, 15) is 9.59 Å². The summed E-state index contributed by atoms with van der Waals surface area (Å²) in [7, 11) is 1.55. The lowest BCUT2D eigenvalue weighted by Crippen LogP contribution is -2.24. The fraction of sp³-hybridized carbons (Fsp3) is 0.227. The van der Waals surface area contributed by atoms with Gasteiger partial charge in [-0.25, -0.2) is 5.43 Å². The van der Waals surface area contributed by atoms with E-state index in [1.165, 1.54) is 6.21 Å². The molecule has 0 atom stereocenters. The third kappa shape index (κ3) is 7.57. The van der Waals surface area contributed by atoms with Crippen LogP contribution >= 0.6 is 11.6 Å². The minimum Gasteiger partial charge on any atom is -0.497 e. The van der Waals surface area contributed by atoms with Gasteiger partial charge in [0.2, 0.25) is 11.8 Å². The number of carbonyl (C=O) groups is 2. The summed E-state index contributed by atoms with van der Waals surface area (Å²) >= 11 is 6.23. The van der Waals surface area contributed by atoms with Gasteiger partial charge in [0, 0.05) is 5.69 Å². The van der Waals surface area contributed by atoms with Gasteiger partial charge in [0.15, 0.2) is 11.5 Å². The molecule has 0 aliphatic carbocycles. The number of hydrogen-bond acceptors (Lipinski definition) is 6. The van der Waals surface area contributed by atoms with Gasteiger partial charge < -0.3 is 19.5 Å². The molecule has 2 aromatic carbocycles. The Morgan fingerprint density at radius 3 is 2.58 bits per heavy atom. The minimum atomic E-state index is -0.577. The van der Waals surface area contributed by atoms with Crippen LogP contribution in [0.2, 0.25) is 5.02 Å². The Hall–Kier alpha value is -3.70. The number of methoxy groups -OCH3 is 1. The molecule has 0 aromatic heterocycles. The van der Waals surface area contributed by atoms with Gasteiger partial charge in [-0.15, -0.1) is 6.42 Å². The van der Waals surface area contributed by atoms with Crippen molar-refractivity contribution in [3.8, 4) is 29.6 Å². The molecule has 0 bridgehead atoms. The number of hydrogen-bond donors (Lipinski definition) is 2. The molecular formula is C22H22ClN3O5. The van der Waals surface area contributed by atoms with E-state index >= 15 is 0 Å². The lowest BCUT2D eigenvalue weighted by molar-refractivity contribution is -0.126. The predicted molar refractivity (Wildman–Crippen MR) is 119 cm³/mol. The molecule has 0 radical (unpaired) electrons. The predicted octanol–water partition coefficient (Wildman–Crippen LogP) is 3.24. The number of amides is 2. The second-order valence-electron chi connectivity index (χ2n) is 6.00. The second-order valence-corrected chi connectivity index (χ2v) is 6.41. The van der Waals surface area contributed by atoms with Crippen LogP contribution in [0.3, 0.4) is 0 Å². The summed E-state index contributed by atoms with van der Waals surface area (Å²) in [5.74, 6) is 2.70. The highest BCUT2D eigenvalue weighted by atomic mass is 35.5. The van der Waals surface area contributed by atoms with Crippen LogP contribution in [-0.2, 0) is 9.59 Å². The number of terminal acetylenes is 1. The first kappa shape index (κ1) is 23.6. The van der Waals surface area contributed by atoms with Crippen molar-refractivity contribution in [2.24, 2.45) is 5.10 Å². The molecule has 0 unspecified atom stereocenters. The zero-order valence-corrected chi connectivity index (χ0v) is 17.9. The molecule has 31 heavy (non-hydrogen) atoms. The smallest absolute Gasteiger partial charge is 0.249 e. The molecule has 2 rings (SSSR count). The summed E-state index contributed by atoms with van der Waals surface area (Å²) in [4.78, 5) is 23.9. The fourth-order valence-corrected chi connectivity index (χ4v) is 2.70. The lowest BCUT2D eigenvalue weighted by Gasteiger charge is -2.12. The maximum Gasteiger partial charge on any atom is 0.249 e. The quantitative estimate of drug-likeness (QED) is 0.254. The molecule has 162 valence electrons. The van der Waals surface area contributed by atoms with Crippen molar-refractivity contribution in [3.05, 3.63) is 47.0 Å². The number of nitrogens with zero attached hydrogens (tertiary/aromatic N) is 1. The van der Waals surface area contributed by atoms with Crippen LogP contribution in [-0.4, -0.2) is 38.4 Å². The van der Waals surface area contributed by atoms with E-state index in [0.717, 1.165) is 0 Å². The van der Waals surface area contributed by atoms with Crippen molar-refractivity contribution < 1.29 is 23.8 Å². The van der Waals surface area contributed by atoms with E-state index in [0.29, 0.717) is 35.1 Å². The topological polar surface area (TPSA) is 98.2 Å². The van der Waals surface area contributed by atoms with Crippen molar-refractivity contribution in [2.45, 2.75) is 13.3 Å². The zero-order chi connectivity index (χ0) is 22.6. The van der Waals surface area contributed by atoms with Crippen LogP contribution in [0.1, 0.15) is 18.9 Å². The summed E-state index contributed by atoms with van der Waals surface area (Å²) in [6.07, 6.45) is 6.19. The van der Waals surface area contributed by atoms with E-state index in [2.05, 4.69) is 21.8 Å². The van der Waals surface area contributed by atoms with Crippen molar-refractivity contribution in [2.75, 3.05) is 25.6 Å². The molecule has 0 aliphatic heterocycles. The average Bonchev–Trinajstić information content (AvgIpc) is 2.74. The van der Waals surface area contributed by atoms with Crippen LogP contribution in [0, 0.1) is 12.3 Å². The molecule has 8 nitrogen and oxygen atoms in total. The Labute approximate surface area is 185 Å². The van der Waals surface area contributed by atoms with Crippen molar-refractivity contribution in [1.29, 1.82) is 0 Å². The average molecular weight is 444 g/mol. The highest BCUT2D eigenvalue weighted by Gasteiger charge is 2.12. The molecule has 9 heteroatoms. The lowest BCUT2D eigenvalue weighted by atomic mass is 10.2. The third-order valence-corrected chi connectivity index (χ3v) is 4.01. The number of ether oxygens (including phenoxy) is 3. The molecule has 2 aromatic rings. The normalized spacial score (nSPS) is 10.3. The first-order valence-corrected chi connectivity index (χ1v) is 9.63. The fourth-order valence-electron chi connectivity index (χ4n) is 2.42. The molecule has 2 amide bonds. The summed E-state index contributed by atoms with van der Waals surface area (Å²) in [6.45, 7) is 2.25. The third-order valence-electron chi connectivity index (χ3n) is 3.73. The van der Waals surface area contributed by atoms with Gasteiger partial charge in [-0.2, -0.15) is 5.10 Å². The zero-order valence-electron chi connectivity index (χ0n) is 17.1. The molecule has 0 aliphatic rings. The molecule has 2 N–H and O–H groups in total. The summed E-state index contributed by atoms with van der Waals surface area (Å²) in [6, 6.07) is 9.97. The minimum absolute atomic E-state index is 0.0435. The molecule has 0 saturated heterocycles. The Morgan fingerprint density at radius 1 is 1.19 bits per heavy atom. The van der Waals surface area contributed by atoms with Crippen LogP contribution in [0.25, 0.3) is 0 Å². The van der Waals surface area contributed by atoms with E-state index in [-0.39, 0.29) is 11.6 Å². The number of benzene rings is 2. The molecule has 0 heterocycles. The Kier molecular flexibility index (Phi) is 9.20. The van der Waals surface area contributed by atoms with Gasteiger partial charge >= 0.3 is 0 Å². The van der Waals surface area contributed by atoms with Crippen molar-refractivity contribution in [3.63, 3.8) is 0 Å². The first-order valence-electron chi connectivity index (χ1n) is 9.25. The Morgan fingerprint density at radius 2 is 1.94 bits per heavy atom. The number of anilines is 1. The van der Waals surface area contributed by atoms with Crippen LogP contribution in [0.4, 0.5) is 5.69 Å². The highest BCUT2D eigenvalue weighted by Crippen LogP contribution is 2.36. The van der Waals surface area contributed by atoms with Gasteiger partial charge in [0.05, 0.1) is 25.0 Å². The number of carbonyl (C=O) groups excluding carboxylic acids is 2. The molecule has 0 saturated carbocycles. The highest BCUT2D eigenvalue weighted by molar-refractivity contribution is 6.32. The number of nitrogens with one attached hydrogen (secondary N) is 2. The number of rotatable bonds is 10. The number of hydrazone groups is 1. The maximum atomic E-state index is 12.0. The van der Waals surface area contributed by atoms with Crippen molar-refractivity contribution >= 4 is 35.3 Å². The van der Waals surface area contributed by atoms with Gasteiger partial charge in [0.25, 0.3) is 0 Å². The van der Waals surface area contributed by atoms with E-state index in [1.54, 1.807) is 43.5 Å². The van der Waals surface area contributed by atoms with E-state index < -0.39 is 18.2 Å². The van der Waals surface area contributed by atoms with E-state index in [4.69, 9.17) is 32.2 Å². The SMILES string of the molecule is C#CCOc1c(Cl)cc(C=NNC(=O)CC(=O)Nc2ccc(OC)cc2)cc1OCC. The van der Waals surface area contributed by atoms with Gasteiger partial charge in [-0.1, -0.05) is 17.5 Å². The van der Waals surface area contributed by atoms with Crippen molar-refractivity contribution in [1.82, 2.24) is 5.43 Å².